The Bertz CT molecular complexity index is 377. The minimum atomic E-state index is -0.309. The number of ether oxygens (including phenoxy) is 1. The normalized spacial score (nSPS) is 10.1. The summed E-state index contributed by atoms with van der Waals surface area (Å²) in [6.07, 6.45) is 1.89. The van der Waals surface area contributed by atoms with Crippen LogP contribution in [0.15, 0.2) is 12.1 Å². The number of nitrogen functional groups attached to an aromatic ring is 1. The van der Waals surface area contributed by atoms with Crippen molar-refractivity contribution in [3.05, 3.63) is 26.8 Å². The molecule has 0 radical (unpaired) electrons. The molecule has 0 spiro atoms. The molecule has 0 amide bonds. The van der Waals surface area contributed by atoms with E-state index in [4.69, 9.17) is 10.5 Å². The first-order valence-corrected chi connectivity index (χ1v) is 5.84. The Morgan fingerprint density at radius 1 is 1.53 bits per heavy atom. The Kier molecular flexibility index (Phi) is 4.38. The lowest BCUT2D eigenvalue weighted by Gasteiger charge is -2.09. The van der Waals surface area contributed by atoms with Crippen molar-refractivity contribution in [2.24, 2.45) is 0 Å². The molecule has 0 bridgehead atoms. The van der Waals surface area contributed by atoms with E-state index in [9.17, 15) is 4.79 Å². The highest BCUT2D eigenvalue weighted by Crippen LogP contribution is 2.22. The van der Waals surface area contributed by atoms with E-state index in [2.05, 4.69) is 29.5 Å². The van der Waals surface area contributed by atoms with Gasteiger partial charge in [0.25, 0.3) is 0 Å². The van der Waals surface area contributed by atoms with Gasteiger partial charge in [-0.15, -0.1) is 0 Å². The van der Waals surface area contributed by atoms with Crippen LogP contribution in [0.3, 0.4) is 0 Å². The van der Waals surface area contributed by atoms with Gasteiger partial charge in [0.1, 0.15) is 0 Å². The van der Waals surface area contributed by atoms with E-state index in [1.165, 1.54) is 7.11 Å². The lowest BCUT2D eigenvalue weighted by Crippen LogP contribution is -2.06. The number of anilines is 1. The van der Waals surface area contributed by atoms with E-state index in [1.54, 1.807) is 0 Å². The van der Waals surface area contributed by atoms with Crippen molar-refractivity contribution in [2.75, 3.05) is 12.8 Å². The Morgan fingerprint density at radius 3 is 2.73 bits per heavy atom. The number of halogens is 1. The second kappa shape index (κ2) is 5.34. The molecule has 4 heteroatoms. The molecule has 0 saturated carbocycles. The van der Waals surface area contributed by atoms with Crippen LogP contribution in [0.25, 0.3) is 0 Å². The molecular weight excluding hydrogens is 305 g/mol. The average molecular weight is 319 g/mol. The number of nitrogens with two attached hydrogens (primary N) is 1. The van der Waals surface area contributed by atoms with Crippen molar-refractivity contribution in [1.82, 2.24) is 0 Å². The van der Waals surface area contributed by atoms with Crippen molar-refractivity contribution < 1.29 is 9.53 Å². The van der Waals surface area contributed by atoms with E-state index < -0.39 is 0 Å². The van der Waals surface area contributed by atoms with E-state index in [0.717, 1.165) is 27.7 Å². The van der Waals surface area contributed by atoms with Gasteiger partial charge in [-0.2, -0.15) is 0 Å². The molecule has 1 aromatic rings. The van der Waals surface area contributed by atoms with Crippen molar-refractivity contribution in [2.45, 2.75) is 19.8 Å². The molecule has 1 aromatic carbocycles. The van der Waals surface area contributed by atoms with Crippen molar-refractivity contribution >= 4 is 34.2 Å². The standard InChI is InChI=1S/C11H14INO2/c1-3-4-7-5-8(11(14)15-2)9(12)6-10(7)13/h5-6H,3-4,13H2,1-2H3. The van der Waals surface area contributed by atoms with Crippen LogP contribution >= 0.6 is 22.6 Å². The van der Waals surface area contributed by atoms with Crippen LogP contribution in [0.1, 0.15) is 29.3 Å². The Labute approximate surface area is 103 Å². The Balaban J connectivity index is 3.17. The minimum Gasteiger partial charge on any atom is -0.465 e. The quantitative estimate of drug-likeness (QED) is 0.529. The third kappa shape index (κ3) is 2.84. The van der Waals surface area contributed by atoms with E-state index >= 15 is 0 Å². The minimum absolute atomic E-state index is 0.309. The van der Waals surface area contributed by atoms with Crippen LogP contribution < -0.4 is 5.73 Å². The molecular formula is C11H14INO2. The molecule has 0 unspecified atom stereocenters. The summed E-state index contributed by atoms with van der Waals surface area (Å²) in [5, 5.41) is 0. The number of benzene rings is 1. The second-order valence-corrected chi connectivity index (χ2v) is 4.43. The van der Waals surface area contributed by atoms with Crippen molar-refractivity contribution in [1.29, 1.82) is 0 Å². The van der Waals surface area contributed by atoms with Crippen LogP contribution in [0.2, 0.25) is 0 Å². The first-order chi connectivity index (χ1) is 7.10. The van der Waals surface area contributed by atoms with Crippen LogP contribution in [0.4, 0.5) is 5.69 Å². The zero-order chi connectivity index (χ0) is 11.4. The highest BCUT2D eigenvalue weighted by atomic mass is 127. The molecule has 0 atom stereocenters. The third-order valence-electron chi connectivity index (χ3n) is 2.15. The molecule has 0 aliphatic heterocycles. The molecule has 0 saturated heterocycles. The molecule has 3 nitrogen and oxygen atoms in total. The Hall–Kier alpha value is -0.780. The fourth-order valence-electron chi connectivity index (χ4n) is 1.39. The van der Waals surface area contributed by atoms with Gasteiger partial charge in [0.05, 0.1) is 12.7 Å². The zero-order valence-electron chi connectivity index (χ0n) is 8.84. The summed E-state index contributed by atoms with van der Waals surface area (Å²) < 4.78 is 5.54. The number of carbonyl (C=O) groups excluding carboxylic acids is 1. The summed E-state index contributed by atoms with van der Waals surface area (Å²) in [5.41, 5.74) is 8.21. The molecule has 0 aliphatic rings. The van der Waals surface area contributed by atoms with Gasteiger partial charge in [-0.25, -0.2) is 4.79 Å². The lowest BCUT2D eigenvalue weighted by atomic mass is 10.0. The van der Waals surface area contributed by atoms with Crippen LogP contribution in [-0.2, 0) is 11.2 Å². The predicted octanol–water partition coefficient (Wildman–Crippen LogP) is 2.61. The fraction of sp³-hybridized carbons (Fsp3) is 0.364. The van der Waals surface area contributed by atoms with Crippen LogP contribution in [0.5, 0.6) is 0 Å². The summed E-state index contributed by atoms with van der Waals surface area (Å²) in [4.78, 5) is 11.4. The highest BCUT2D eigenvalue weighted by molar-refractivity contribution is 14.1. The summed E-state index contributed by atoms with van der Waals surface area (Å²) in [5.74, 6) is -0.309. The van der Waals surface area contributed by atoms with E-state index in [1.807, 2.05) is 12.1 Å². The van der Waals surface area contributed by atoms with Gasteiger partial charge in [0, 0.05) is 9.26 Å². The van der Waals surface area contributed by atoms with Gasteiger partial charge < -0.3 is 10.5 Å². The maximum absolute atomic E-state index is 11.4. The van der Waals surface area contributed by atoms with Gasteiger partial charge in [0.15, 0.2) is 0 Å². The molecule has 0 aromatic heterocycles. The summed E-state index contributed by atoms with van der Waals surface area (Å²) in [6.45, 7) is 2.08. The monoisotopic (exact) mass is 319 g/mol. The number of carbonyl (C=O) groups is 1. The first kappa shape index (κ1) is 12.3. The van der Waals surface area contributed by atoms with Gasteiger partial charge in [-0.1, -0.05) is 13.3 Å². The predicted molar refractivity (Wildman–Crippen MR) is 68.9 cm³/mol. The van der Waals surface area contributed by atoms with Gasteiger partial charge in [-0.3, -0.25) is 0 Å². The maximum atomic E-state index is 11.4. The molecule has 0 heterocycles. The number of hydrogen-bond donors (Lipinski definition) is 1. The number of esters is 1. The number of rotatable bonds is 3. The smallest absolute Gasteiger partial charge is 0.338 e. The molecule has 15 heavy (non-hydrogen) atoms. The zero-order valence-corrected chi connectivity index (χ0v) is 11.0. The Morgan fingerprint density at radius 2 is 2.20 bits per heavy atom. The van der Waals surface area contributed by atoms with Gasteiger partial charge >= 0.3 is 5.97 Å². The first-order valence-electron chi connectivity index (χ1n) is 4.76. The van der Waals surface area contributed by atoms with E-state index in [0.29, 0.717) is 5.56 Å². The molecule has 0 aliphatic carbocycles. The topological polar surface area (TPSA) is 52.3 Å². The molecule has 82 valence electrons. The van der Waals surface area contributed by atoms with Gasteiger partial charge in [0.2, 0.25) is 0 Å². The SMILES string of the molecule is CCCc1cc(C(=O)OC)c(I)cc1N. The second-order valence-electron chi connectivity index (χ2n) is 3.27. The summed E-state index contributed by atoms with van der Waals surface area (Å²) in [6, 6.07) is 3.64. The fourth-order valence-corrected chi connectivity index (χ4v) is 2.10. The number of hydrogen-bond acceptors (Lipinski definition) is 3. The van der Waals surface area contributed by atoms with Crippen molar-refractivity contribution in [3.8, 4) is 0 Å². The summed E-state index contributed by atoms with van der Waals surface area (Å²) >= 11 is 2.09. The number of methoxy groups -OCH3 is 1. The van der Waals surface area contributed by atoms with Crippen LogP contribution in [0, 0.1) is 3.57 Å². The average Bonchev–Trinajstić information content (AvgIpc) is 2.21. The number of aryl methyl sites for hydroxylation is 1. The molecule has 1 rings (SSSR count). The van der Waals surface area contributed by atoms with E-state index in [-0.39, 0.29) is 5.97 Å². The maximum Gasteiger partial charge on any atom is 0.338 e. The largest absolute Gasteiger partial charge is 0.465 e. The highest BCUT2D eigenvalue weighted by Gasteiger charge is 2.12. The van der Waals surface area contributed by atoms with Crippen molar-refractivity contribution in [3.63, 3.8) is 0 Å². The lowest BCUT2D eigenvalue weighted by molar-refractivity contribution is 0.0599. The van der Waals surface area contributed by atoms with Crippen LogP contribution in [-0.4, -0.2) is 13.1 Å². The molecule has 0 fully saturated rings. The molecule has 2 N–H and O–H groups in total. The van der Waals surface area contributed by atoms with Gasteiger partial charge in [-0.05, 0) is 46.7 Å². The summed E-state index contributed by atoms with van der Waals surface area (Å²) in [7, 11) is 1.38. The third-order valence-corrected chi connectivity index (χ3v) is 3.05.